The van der Waals surface area contributed by atoms with Crippen molar-refractivity contribution in [3.8, 4) is 5.75 Å². The van der Waals surface area contributed by atoms with Gasteiger partial charge in [0.2, 0.25) is 5.52 Å². The number of carbonyl (C=O) groups is 2. The van der Waals surface area contributed by atoms with Gasteiger partial charge in [-0.1, -0.05) is 12.1 Å². The number of methoxy groups -OCH3 is 1. The molecule has 8 nitrogen and oxygen atoms in total. The van der Waals surface area contributed by atoms with E-state index in [2.05, 4.69) is 9.72 Å². The third-order valence-corrected chi connectivity index (χ3v) is 3.95. The molecule has 0 aliphatic rings. The smallest absolute Gasteiger partial charge is 0.406 e. The van der Waals surface area contributed by atoms with E-state index in [9.17, 15) is 14.8 Å². The molecule has 8 heteroatoms. The molecule has 0 N–H and O–H groups in total. The first-order valence-corrected chi connectivity index (χ1v) is 8.54. The quantitative estimate of drug-likeness (QED) is 0.366. The molecule has 0 bridgehead atoms. The molecule has 0 aliphatic heterocycles. The van der Waals surface area contributed by atoms with E-state index in [1.54, 1.807) is 42.5 Å². The van der Waals surface area contributed by atoms with E-state index in [-0.39, 0.29) is 23.5 Å². The Balaban J connectivity index is 1.86. The zero-order valence-electron chi connectivity index (χ0n) is 15.4. The van der Waals surface area contributed by atoms with Gasteiger partial charge in [-0.25, -0.2) is 14.6 Å². The molecule has 0 unspecified atom stereocenters. The van der Waals surface area contributed by atoms with Crippen LogP contribution < -0.4 is 9.47 Å². The Bertz CT molecular complexity index is 1020. The van der Waals surface area contributed by atoms with Gasteiger partial charge in [0.05, 0.1) is 19.3 Å². The molecule has 3 aromatic rings. The van der Waals surface area contributed by atoms with Gasteiger partial charge in [-0.2, -0.15) is 4.73 Å². The maximum atomic E-state index is 12.6. The van der Waals surface area contributed by atoms with Crippen molar-refractivity contribution in [1.29, 1.82) is 0 Å². The predicted octanol–water partition coefficient (Wildman–Crippen LogP) is 2.41. The summed E-state index contributed by atoms with van der Waals surface area (Å²) in [6.45, 7) is 2.02. The fraction of sp³-hybridized carbons (Fsp3) is 0.200. The number of hydrogen-bond donors (Lipinski definition) is 0. The molecule has 1 aromatic heterocycles. The summed E-state index contributed by atoms with van der Waals surface area (Å²) in [4.78, 5) is 28.7. The second-order valence-corrected chi connectivity index (χ2v) is 5.72. The fourth-order valence-electron chi connectivity index (χ4n) is 2.64. The van der Waals surface area contributed by atoms with Crippen molar-refractivity contribution in [3.63, 3.8) is 0 Å². The zero-order chi connectivity index (χ0) is 20.1. The first-order chi connectivity index (χ1) is 13.5. The van der Waals surface area contributed by atoms with Gasteiger partial charge in [0.15, 0.2) is 5.69 Å². The van der Waals surface area contributed by atoms with Crippen LogP contribution in [-0.2, 0) is 16.1 Å². The number of ether oxygens (including phenoxy) is 3. The Morgan fingerprint density at radius 3 is 2.46 bits per heavy atom. The Labute approximate surface area is 160 Å². The SMILES string of the molecule is CCOc1ccc(C(=O)OCc2nc3ccccc3[n+]([O-])c2C(=O)OC)cc1. The summed E-state index contributed by atoms with van der Waals surface area (Å²) >= 11 is 0. The number of aromatic nitrogens is 2. The van der Waals surface area contributed by atoms with Crippen LogP contribution in [0.3, 0.4) is 0 Å². The van der Waals surface area contributed by atoms with Gasteiger partial charge in [0.1, 0.15) is 17.9 Å². The van der Waals surface area contributed by atoms with Gasteiger partial charge in [0, 0.05) is 6.07 Å². The van der Waals surface area contributed by atoms with Crippen LogP contribution >= 0.6 is 0 Å². The largest absolute Gasteiger partial charge is 0.618 e. The van der Waals surface area contributed by atoms with Crippen LogP contribution in [0, 0.1) is 5.21 Å². The Morgan fingerprint density at radius 2 is 1.79 bits per heavy atom. The van der Waals surface area contributed by atoms with Crippen molar-refractivity contribution in [2.24, 2.45) is 0 Å². The number of nitrogens with zero attached hydrogens (tertiary/aromatic N) is 2. The first kappa shape index (κ1) is 19.1. The zero-order valence-corrected chi connectivity index (χ0v) is 15.4. The maximum Gasteiger partial charge on any atom is 0.406 e. The highest BCUT2D eigenvalue weighted by Crippen LogP contribution is 2.16. The molecule has 0 radical (unpaired) electrons. The van der Waals surface area contributed by atoms with Crippen molar-refractivity contribution in [2.45, 2.75) is 13.5 Å². The molecule has 28 heavy (non-hydrogen) atoms. The Hall–Kier alpha value is -3.68. The third kappa shape index (κ3) is 3.85. The lowest BCUT2D eigenvalue weighted by atomic mass is 10.2. The van der Waals surface area contributed by atoms with Crippen LogP contribution in [0.2, 0.25) is 0 Å². The summed E-state index contributed by atoms with van der Waals surface area (Å²) in [6.07, 6.45) is 0. The fourth-order valence-corrected chi connectivity index (χ4v) is 2.64. The maximum absolute atomic E-state index is 12.6. The standard InChI is InChI=1S/C20H18N2O6/c1-3-27-14-10-8-13(9-11-14)19(23)28-12-16-18(20(24)26-2)22(25)17-7-5-4-6-15(17)21-16/h4-11H,3,12H2,1-2H3. The van der Waals surface area contributed by atoms with Crippen molar-refractivity contribution in [1.82, 2.24) is 4.98 Å². The Morgan fingerprint density at radius 1 is 1.07 bits per heavy atom. The number of para-hydroxylation sites is 2. The number of hydrogen-bond acceptors (Lipinski definition) is 7. The minimum atomic E-state index is -0.861. The molecule has 0 aliphatic carbocycles. The lowest BCUT2D eigenvalue weighted by Gasteiger charge is -2.11. The van der Waals surface area contributed by atoms with E-state index >= 15 is 0 Å². The number of rotatable bonds is 6. The second-order valence-electron chi connectivity index (χ2n) is 5.72. The summed E-state index contributed by atoms with van der Waals surface area (Å²) < 4.78 is 15.7. The van der Waals surface area contributed by atoms with Gasteiger partial charge in [-0.3, -0.25) is 0 Å². The molecule has 1 heterocycles. The second kappa shape index (κ2) is 8.34. The molecule has 0 atom stereocenters. The van der Waals surface area contributed by atoms with Gasteiger partial charge in [-0.15, -0.1) is 0 Å². The van der Waals surface area contributed by atoms with E-state index in [0.717, 1.165) is 7.11 Å². The number of esters is 2. The lowest BCUT2D eigenvalue weighted by molar-refractivity contribution is -0.581. The van der Waals surface area contributed by atoms with Crippen molar-refractivity contribution in [2.75, 3.05) is 13.7 Å². The van der Waals surface area contributed by atoms with Crippen LogP contribution in [0.1, 0.15) is 33.5 Å². The van der Waals surface area contributed by atoms with Crippen LogP contribution in [0.5, 0.6) is 5.75 Å². The monoisotopic (exact) mass is 382 g/mol. The summed E-state index contributed by atoms with van der Waals surface area (Å²) in [5.74, 6) is -0.845. The lowest BCUT2D eigenvalue weighted by Crippen LogP contribution is -2.38. The number of benzene rings is 2. The van der Waals surface area contributed by atoms with Crippen molar-refractivity contribution >= 4 is 23.0 Å². The topological polar surface area (TPSA) is 102 Å². The average molecular weight is 382 g/mol. The summed E-state index contributed by atoms with van der Waals surface area (Å²) in [7, 11) is 1.16. The van der Waals surface area contributed by atoms with E-state index in [0.29, 0.717) is 28.2 Å². The summed E-state index contributed by atoms with van der Waals surface area (Å²) in [5.41, 5.74) is 0.584. The molecule has 0 amide bonds. The van der Waals surface area contributed by atoms with E-state index in [1.807, 2.05) is 6.92 Å². The average Bonchev–Trinajstić information content (AvgIpc) is 2.72. The Kier molecular flexibility index (Phi) is 5.69. The van der Waals surface area contributed by atoms with Crippen molar-refractivity contribution in [3.05, 3.63) is 70.7 Å². The van der Waals surface area contributed by atoms with Gasteiger partial charge < -0.3 is 19.4 Å². The van der Waals surface area contributed by atoms with Gasteiger partial charge in [0.25, 0.3) is 0 Å². The van der Waals surface area contributed by atoms with Crippen LogP contribution in [0.15, 0.2) is 48.5 Å². The molecule has 0 saturated heterocycles. The van der Waals surface area contributed by atoms with Crippen LogP contribution in [0.4, 0.5) is 0 Å². The van der Waals surface area contributed by atoms with Crippen molar-refractivity contribution < 1.29 is 28.5 Å². The minimum Gasteiger partial charge on any atom is -0.618 e. The molecule has 144 valence electrons. The summed E-state index contributed by atoms with van der Waals surface area (Å²) in [6, 6.07) is 13.0. The molecular weight excluding hydrogens is 364 g/mol. The van der Waals surface area contributed by atoms with Crippen LogP contribution in [-0.4, -0.2) is 30.6 Å². The number of fused-ring (bicyclic) bond motifs is 1. The predicted molar refractivity (Wildman–Crippen MR) is 98.8 cm³/mol. The van der Waals surface area contributed by atoms with Gasteiger partial charge in [-0.05, 0) is 37.3 Å². The molecular formula is C20H18N2O6. The highest BCUT2D eigenvalue weighted by Gasteiger charge is 2.27. The molecule has 0 fully saturated rings. The normalized spacial score (nSPS) is 10.5. The summed E-state index contributed by atoms with van der Waals surface area (Å²) in [5, 5.41) is 12.6. The van der Waals surface area contributed by atoms with E-state index < -0.39 is 11.9 Å². The molecule has 0 saturated carbocycles. The van der Waals surface area contributed by atoms with E-state index in [4.69, 9.17) is 9.47 Å². The number of carbonyl (C=O) groups excluding carboxylic acids is 2. The molecule has 0 spiro atoms. The third-order valence-electron chi connectivity index (χ3n) is 3.95. The highest BCUT2D eigenvalue weighted by molar-refractivity contribution is 5.90. The first-order valence-electron chi connectivity index (χ1n) is 8.54. The highest BCUT2D eigenvalue weighted by atomic mass is 16.5. The molecule has 3 rings (SSSR count). The molecule has 2 aromatic carbocycles. The minimum absolute atomic E-state index is 0.0137. The van der Waals surface area contributed by atoms with Gasteiger partial charge >= 0.3 is 17.6 Å². The van der Waals surface area contributed by atoms with Crippen LogP contribution in [0.25, 0.3) is 11.0 Å². The van der Waals surface area contributed by atoms with E-state index in [1.165, 1.54) is 6.07 Å².